The number of carbonyl (C=O) groups excluding carboxylic acids is 1. The Bertz CT molecular complexity index is 308. The second kappa shape index (κ2) is 5.23. The van der Waals surface area contributed by atoms with Gasteiger partial charge < -0.3 is 10.6 Å². The average molecular weight is 225 g/mol. The summed E-state index contributed by atoms with van der Waals surface area (Å²) >= 11 is 1.56. The van der Waals surface area contributed by atoms with Crippen LogP contribution in [0, 0.1) is 5.92 Å². The Balaban J connectivity index is 1.55. The fourth-order valence-corrected chi connectivity index (χ4v) is 1.84. The van der Waals surface area contributed by atoms with E-state index in [0.29, 0.717) is 13.1 Å². The number of hydrogen-bond acceptors (Lipinski definition) is 4. The molecule has 0 unspecified atom stereocenters. The van der Waals surface area contributed by atoms with Crippen molar-refractivity contribution in [3.8, 4) is 0 Å². The largest absolute Gasteiger partial charge is 0.348 e. The van der Waals surface area contributed by atoms with Crippen LogP contribution < -0.4 is 10.6 Å². The minimum Gasteiger partial charge on any atom is -0.348 e. The molecule has 0 atom stereocenters. The third-order valence-electron chi connectivity index (χ3n) is 2.34. The Labute approximate surface area is 93.1 Å². The summed E-state index contributed by atoms with van der Waals surface area (Å²) in [6, 6.07) is 0. The lowest BCUT2D eigenvalue weighted by Gasteiger charge is -2.04. The van der Waals surface area contributed by atoms with E-state index in [-0.39, 0.29) is 5.91 Å². The predicted octanol–water partition coefficient (Wildman–Crippen LogP) is 0.759. The van der Waals surface area contributed by atoms with Gasteiger partial charge >= 0.3 is 0 Å². The van der Waals surface area contributed by atoms with Gasteiger partial charge in [-0.1, -0.05) is 0 Å². The van der Waals surface area contributed by atoms with Gasteiger partial charge in [-0.15, -0.1) is 11.3 Å². The van der Waals surface area contributed by atoms with Crippen molar-refractivity contribution >= 4 is 17.2 Å². The molecular weight excluding hydrogens is 210 g/mol. The minimum atomic E-state index is 0.0471. The van der Waals surface area contributed by atoms with Crippen molar-refractivity contribution in [1.29, 1.82) is 0 Å². The normalized spacial score (nSPS) is 15.2. The van der Waals surface area contributed by atoms with Gasteiger partial charge in [-0.3, -0.25) is 4.79 Å². The third kappa shape index (κ3) is 3.97. The van der Waals surface area contributed by atoms with Gasteiger partial charge in [-0.05, 0) is 25.3 Å². The molecule has 15 heavy (non-hydrogen) atoms. The lowest BCUT2D eigenvalue weighted by atomic mass is 10.4. The van der Waals surface area contributed by atoms with Crippen molar-refractivity contribution in [2.24, 2.45) is 5.92 Å². The van der Waals surface area contributed by atoms with Crippen molar-refractivity contribution in [3.63, 3.8) is 0 Å². The molecule has 0 aliphatic heterocycles. The van der Waals surface area contributed by atoms with Gasteiger partial charge in [0.25, 0.3) is 0 Å². The molecule has 0 aromatic carbocycles. The molecule has 1 heterocycles. The molecule has 0 spiro atoms. The molecule has 1 saturated carbocycles. The van der Waals surface area contributed by atoms with Crippen LogP contribution in [0.15, 0.2) is 11.6 Å². The highest BCUT2D eigenvalue weighted by atomic mass is 32.1. The molecule has 0 bridgehead atoms. The maximum atomic E-state index is 11.3. The van der Waals surface area contributed by atoms with Gasteiger partial charge in [0, 0.05) is 11.6 Å². The van der Waals surface area contributed by atoms with Crippen LogP contribution in [0.5, 0.6) is 0 Å². The molecule has 1 aromatic rings. The van der Waals surface area contributed by atoms with Crippen molar-refractivity contribution in [1.82, 2.24) is 15.6 Å². The average Bonchev–Trinajstić information content (AvgIpc) is 2.91. The topological polar surface area (TPSA) is 54.0 Å². The standard InChI is InChI=1S/C10H15N3OS/c14-9(6-11-5-8-1-2-8)13-7-10-12-3-4-15-10/h3-4,8,11H,1-2,5-7H2,(H,13,14). The molecule has 1 fully saturated rings. The Morgan fingerprint density at radius 2 is 2.47 bits per heavy atom. The smallest absolute Gasteiger partial charge is 0.234 e. The number of thiazole rings is 1. The molecule has 0 radical (unpaired) electrons. The summed E-state index contributed by atoms with van der Waals surface area (Å²) in [6.45, 7) is 1.94. The van der Waals surface area contributed by atoms with Crippen molar-refractivity contribution < 1.29 is 4.79 Å². The van der Waals surface area contributed by atoms with Crippen LogP contribution in [0.25, 0.3) is 0 Å². The number of amides is 1. The van der Waals surface area contributed by atoms with E-state index < -0.39 is 0 Å². The number of hydrogen-bond donors (Lipinski definition) is 2. The van der Waals surface area contributed by atoms with Gasteiger partial charge in [-0.2, -0.15) is 0 Å². The molecule has 1 aliphatic carbocycles. The Hall–Kier alpha value is -0.940. The SMILES string of the molecule is O=C(CNCC1CC1)NCc1nccs1. The Kier molecular flexibility index (Phi) is 3.69. The van der Waals surface area contributed by atoms with Gasteiger partial charge in [0.2, 0.25) is 5.91 Å². The number of nitrogens with zero attached hydrogens (tertiary/aromatic N) is 1. The number of aromatic nitrogens is 1. The van der Waals surface area contributed by atoms with Crippen LogP contribution in [0.2, 0.25) is 0 Å². The number of rotatable bonds is 6. The van der Waals surface area contributed by atoms with Crippen LogP contribution >= 0.6 is 11.3 Å². The number of carbonyl (C=O) groups is 1. The summed E-state index contributed by atoms with van der Waals surface area (Å²) < 4.78 is 0. The molecule has 5 heteroatoms. The van der Waals surface area contributed by atoms with E-state index in [4.69, 9.17) is 0 Å². The maximum Gasteiger partial charge on any atom is 0.234 e. The van der Waals surface area contributed by atoms with Gasteiger partial charge in [0.1, 0.15) is 5.01 Å². The lowest BCUT2D eigenvalue weighted by Crippen LogP contribution is -2.34. The van der Waals surface area contributed by atoms with Gasteiger partial charge in [0.05, 0.1) is 13.1 Å². The van der Waals surface area contributed by atoms with Crippen molar-refractivity contribution in [2.75, 3.05) is 13.1 Å². The fraction of sp³-hybridized carbons (Fsp3) is 0.600. The summed E-state index contributed by atoms with van der Waals surface area (Å²) in [5.41, 5.74) is 0. The first-order valence-electron chi connectivity index (χ1n) is 5.20. The first kappa shape index (κ1) is 10.6. The van der Waals surface area contributed by atoms with Crippen LogP contribution in [-0.2, 0) is 11.3 Å². The Morgan fingerprint density at radius 1 is 1.60 bits per heavy atom. The minimum absolute atomic E-state index is 0.0471. The molecular formula is C10H15N3OS. The first-order valence-corrected chi connectivity index (χ1v) is 6.08. The predicted molar refractivity (Wildman–Crippen MR) is 59.6 cm³/mol. The zero-order valence-electron chi connectivity index (χ0n) is 8.53. The molecule has 2 rings (SSSR count). The van der Waals surface area contributed by atoms with Crippen LogP contribution in [-0.4, -0.2) is 24.0 Å². The third-order valence-corrected chi connectivity index (χ3v) is 3.12. The molecule has 2 N–H and O–H groups in total. The summed E-state index contributed by atoms with van der Waals surface area (Å²) in [6.07, 6.45) is 4.37. The number of nitrogens with one attached hydrogen (secondary N) is 2. The van der Waals surface area contributed by atoms with Crippen LogP contribution in [0.4, 0.5) is 0 Å². The van der Waals surface area contributed by atoms with Gasteiger partial charge in [0.15, 0.2) is 0 Å². The monoisotopic (exact) mass is 225 g/mol. The summed E-state index contributed by atoms with van der Waals surface area (Å²) in [4.78, 5) is 15.4. The van der Waals surface area contributed by atoms with E-state index in [1.165, 1.54) is 12.8 Å². The molecule has 82 valence electrons. The molecule has 4 nitrogen and oxygen atoms in total. The zero-order valence-corrected chi connectivity index (χ0v) is 9.35. The van der Waals surface area contributed by atoms with Crippen molar-refractivity contribution in [2.45, 2.75) is 19.4 Å². The molecule has 0 saturated heterocycles. The molecule has 1 aromatic heterocycles. The highest BCUT2D eigenvalue weighted by molar-refractivity contribution is 7.09. The van der Waals surface area contributed by atoms with Gasteiger partial charge in [-0.25, -0.2) is 4.98 Å². The van der Waals surface area contributed by atoms with E-state index in [2.05, 4.69) is 15.6 Å². The van der Waals surface area contributed by atoms with E-state index in [1.807, 2.05) is 5.38 Å². The summed E-state index contributed by atoms with van der Waals surface area (Å²) in [5, 5.41) is 8.83. The molecule has 1 amide bonds. The van der Waals surface area contributed by atoms with E-state index >= 15 is 0 Å². The van der Waals surface area contributed by atoms with Crippen LogP contribution in [0.1, 0.15) is 17.8 Å². The second-order valence-corrected chi connectivity index (χ2v) is 4.76. The first-order chi connectivity index (χ1) is 7.34. The summed E-state index contributed by atoms with van der Waals surface area (Å²) in [5.74, 6) is 0.864. The Morgan fingerprint density at radius 3 is 3.13 bits per heavy atom. The van der Waals surface area contributed by atoms with E-state index in [0.717, 1.165) is 17.5 Å². The van der Waals surface area contributed by atoms with E-state index in [9.17, 15) is 4.79 Å². The van der Waals surface area contributed by atoms with Crippen LogP contribution in [0.3, 0.4) is 0 Å². The second-order valence-electron chi connectivity index (χ2n) is 3.78. The quantitative estimate of drug-likeness (QED) is 0.751. The zero-order chi connectivity index (χ0) is 10.5. The maximum absolute atomic E-state index is 11.3. The van der Waals surface area contributed by atoms with Crippen molar-refractivity contribution in [3.05, 3.63) is 16.6 Å². The fourth-order valence-electron chi connectivity index (χ4n) is 1.29. The molecule has 1 aliphatic rings. The lowest BCUT2D eigenvalue weighted by molar-refractivity contribution is -0.120. The highest BCUT2D eigenvalue weighted by Crippen LogP contribution is 2.27. The van der Waals surface area contributed by atoms with E-state index in [1.54, 1.807) is 17.5 Å². The summed E-state index contributed by atoms with van der Waals surface area (Å²) in [7, 11) is 0. The highest BCUT2D eigenvalue weighted by Gasteiger charge is 2.20.